The molecule has 1 atom stereocenters. The molecule has 1 unspecified atom stereocenters. The van der Waals surface area contributed by atoms with Gasteiger partial charge >= 0.3 is 0 Å². The van der Waals surface area contributed by atoms with Crippen LogP contribution in [-0.4, -0.2) is 33.6 Å². The molecule has 0 bridgehead atoms. The van der Waals surface area contributed by atoms with E-state index in [4.69, 9.17) is 9.52 Å². The minimum absolute atomic E-state index is 0.0396. The average Bonchev–Trinajstić information content (AvgIpc) is 2.87. The Bertz CT molecular complexity index is 336. The van der Waals surface area contributed by atoms with Gasteiger partial charge in [-0.25, -0.2) is 4.98 Å². The third kappa shape index (κ3) is 2.44. The van der Waals surface area contributed by atoms with Gasteiger partial charge in [-0.2, -0.15) is 0 Å². The minimum atomic E-state index is -0.0396. The molecule has 0 spiro atoms. The molecule has 90 valence electrons. The number of hydrogen-bond acceptors (Lipinski definition) is 4. The molecule has 1 fully saturated rings. The second kappa shape index (κ2) is 4.97. The maximum atomic E-state index is 8.92. The van der Waals surface area contributed by atoms with E-state index in [0.717, 1.165) is 12.3 Å². The van der Waals surface area contributed by atoms with Gasteiger partial charge in [-0.15, -0.1) is 0 Å². The van der Waals surface area contributed by atoms with Crippen molar-refractivity contribution in [2.24, 2.45) is 0 Å². The van der Waals surface area contributed by atoms with E-state index in [1.54, 1.807) is 6.26 Å². The highest BCUT2D eigenvalue weighted by Crippen LogP contribution is 2.23. The predicted octanol–water partition coefficient (Wildman–Crippen LogP) is 1.58. The van der Waals surface area contributed by atoms with Gasteiger partial charge in [-0.1, -0.05) is 0 Å². The molecule has 0 aliphatic carbocycles. The smallest absolute Gasteiger partial charge is 0.195 e. The third-order valence-corrected chi connectivity index (χ3v) is 3.26. The lowest BCUT2D eigenvalue weighted by molar-refractivity contribution is 0.195. The number of rotatable bonds is 4. The number of likely N-dealkylation sites (tertiary alicyclic amines) is 1. The van der Waals surface area contributed by atoms with E-state index in [9.17, 15) is 0 Å². The van der Waals surface area contributed by atoms with Crippen molar-refractivity contribution in [3.63, 3.8) is 0 Å². The van der Waals surface area contributed by atoms with Gasteiger partial charge in [0, 0.05) is 18.5 Å². The summed E-state index contributed by atoms with van der Waals surface area (Å²) in [6, 6.07) is 1.13. The van der Waals surface area contributed by atoms with Crippen molar-refractivity contribution in [1.29, 1.82) is 0 Å². The Morgan fingerprint density at radius 2 is 2.44 bits per heavy atom. The number of oxazole rings is 1. The van der Waals surface area contributed by atoms with Crippen LogP contribution in [0.4, 0.5) is 0 Å². The van der Waals surface area contributed by atoms with Crippen LogP contribution in [0.5, 0.6) is 0 Å². The molecule has 4 heteroatoms. The fraction of sp³-hybridized carbons (Fsp3) is 0.750. The van der Waals surface area contributed by atoms with Crippen LogP contribution in [0, 0.1) is 0 Å². The Morgan fingerprint density at radius 3 is 3.06 bits per heavy atom. The summed E-state index contributed by atoms with van der Waals surface area (Å²) in [5.74, 6) is 0.751. The number of aromatic nitrogens is 1. The van der Waals surface area contributed by atoms with Crippen LogP contribution < -0.4 is 0 Å². The molecular weight excluding hydrogens is 204 g/mol. The van der Waals surface area contributed by atoms with Crippen LogP contribution in [0.2, 0.25) is 0 Å². The fourth-order valence-electron chi connectivity index (χ4n) is 2.47. The molecule has 2 heterocycles. The summed E-state index contributed by atoms with van der Waals surface area (Å²) in [6.07, 6.45) is 4.88. The second-order valence-corrected chi connectivity index (χ2v) is 4.72. The van der Waals surface area contributed by atoms with Crippen LogP contribution in [-0.2, 0) is 13.0 Å². The Morgan fingerprint density at radius 1 is 1.62 bits per heavy atom. The largest absolute Gasteiger partial charge is 0.449 e. The van der Waals surface area contributed by atoms with E-state index in [2.05, 4.69) is 23.7 Å². The minimum Gasteiger partial charge on any atom is -0.449 e. The molecule has 16 heavy (non-hydrogen) atoms. The van der Waals surface area contributed by atoms with E-state index in [-0.39, 0.29) is 6.61 Å². The van der Waals surface area contributed by atoms with Gasteiger partial charge in [-0.3, -0.25) is 4.90 Å². The number of hydrogen-bond donors (Lipinski definition) is 1. The van der Waals surface area contributed by atoms with Crippen LogP contribution in [0.3, 0.4) is 0 Å². The Hall–Kier alpha value is -0.870. The quantitative estimate of drug-likeness (QED) is 0.843. The lowest BCUT2D eigenvalue weighted by Gasteiger charge is -2.27. The van der Waals surface area contributed by atoms with Crippen molar-refractivity contribution >= 4 is 0 Å². The van der Waals surface area contributed by atoms with E-state index >= 15 is 0 Å². The lowest BCUT2D eigenvalue weighted by atomic mass is 10.1. The lowest BCUT2D eigenvalue weighted by Crippen LogP contribution is -2.36. The summed E-state index contributed by atoms with van der Waals surface area (Å²) in [4.78, 5) is 6.75. The first-order valence-electron chi connectivity index (χ1n) is 6.00. The maximum Gasteiger partial charge on any atom is 0.195 e. The summed E-state index contributed by atoms with van der Waals surface area (Å²) in [6.45, 7) is 5.60. The zero-order valence-electron chi connectivity index (χ0n) is 10.0. The highest BCUT2D eigenvalue weighted by molar-refractivity contribution is 4.97. The first-order valence-corrected chi connectivity index (χ1v) is 6.00. The first-order chi connectivity index (χ1) is 7.70. The van der Waals surface area contributed by atoms with Gasteiger partial charge in [0.05, 0.1) is 6.61 Å². The standard InChI is InChI=1S/C12H20N2O2/c1-9(2)14-5-3-4-11(14)6-12-13-10(7-15)8-16-12/h8-9,11,15H,3-7H2,1-2H3. The Labute approximate surface area is 96.3 Å². The topological polar surface area (TPSA) is 49.5 Å². The van der Waals surface area contributed by atoms with Gasteiger partial charge in [-0.05, 0) is 33.2 Å². The highest BCUT2D eigenvalue weighted by atomic mass is 16.3. The molecule has 1 aromatic heterocycles. The van der Waals surface area contributed by atoms with Crippen LogP contribution >= 0.6 is 0 Å². The summed E-state index contributed by atoms with van der Waals surface area (Å²) in [5.41, 5.74) is 0.629. The number of nitrogens with zero attached hydrogens (tertiary/aromatic N) is 2. The summed E-state index contributed by atoms with van der Waals surface area (Å²) in [5, 5.41) is 8.92. The van der Waals surface area contributed by atoms with E-state index < -0.39 is 0 Å². The van der Waals surface area contributed by atoms with Crippen LogP contribution in [0.25, 0.3) is 0 Å². The zero-order valence-corrected chi connectivity index (χ0v) is 10.0. The molecule has 1 N–H and O–H groups in total. The van der Waals surface area contributed by atoms with Crippen molar-refractivity contribution < 1.29 is 9.52 Å². The van der Waals surface area contributed by atoms with Crippen LogP contribution in [0.15, 0.2) is 10.7 Å². The molecule has 4 nitrogen and oxygen atoms in total. The van der Waals surface area contributed by atoms with Gasteiger partial charge < -0.3 is 9.52 Å². The molecular formula is C12H20N2O2. The molecule has 1 aromatic rings. The van der Waals surface area contributed by atoms with E-state index in [1.807, 2.05) is 0 Å². The highest BCUT2D eigenvalue weighted by Gasteiger charge is 2.27. The Balaban J connectivity index is 1.98. The monoisotopic (exact) mass is 224 g/mol. The normalized spacial score (nSPS) is 22.1. The van der Waals surface area contributed by atoms with Crippen molar-refractivity contribution in [2.75, 3.05) is 6.54 Å². The predicted molar refractivity (Wildman–Crippen MR) is 61.0 cm³/mol. The van der Waals surface area contributed by atoms with Gasteiger partial charge in [0.25, 0.3) is 0 Å². The number of aliphatic hydroxyl groups is 1. The summed E-state index contributed by atoms with van der Waals surface area (Å²) >= 11 is 0. The maximum absolute atomic E-state index is 8.92. The van der Waals surface area contributed by atoms with Gasteiger partial charge in [0.15, 0.2) is 5.89 Å². The van der Waals surface area contributed by atoms with Crippen molar-refractivity contribution in [2.45, 2.75) is 51.8 Å². The molecule has 0 saturated carbocycles. The zero-order chi connectivity index (χ0) is 11.5. The second-order valence-electron chi connectivity index (χ2n) is 4.72. The van der Waals surface area contributed by atoms with Crippen LogP contribution in [0.1, 0.15) is 38.3 Å². The van der Waals surface area contributed by atoms with E-state index in [1.165, 1.54) is 19.4 Å². The fourth-order valence-corrected chi connectivity index (χ4v) is 2.47. The Kier molecular flexibility index (Phi) is 3.61. The van der Waals surface area contributed by atoms with Crippen molar-refractivity contribution in [3.8, 4) is 0 Å². The molecule has 2 rings (SSSR count). The molecule has 1 aliphatic rings. The van der Waals surface area contributed by atoms with Gasteiger partial charge in [0.2, 0.25) is 0 Å². The third-order valence-electron chi connectivity index (χ3n) is 3.26. The van der Waals surface area contributed by atoms with Gasteiger partial charge in [0.1, 0.15) is 12.0 Å². The molecule has 0 radical (unpaired) electrons. The summed E-state index contributed by atoms with van der Waals surface area (Å²) in [7, 11) is 0. The molecule has 1 aliphatic heterocycles. The van der Waals surface area contributed by atoms with Crippen molar-refractivity contribution in [3.05, 3.63) is 17.8 Å². The van der Waals surface area contributed by atoms with E-state index in [0.29, 0.717) is 17.8 Å². The first kappa shape index (κ1) is 11.6. The SMILES string of the molecule is CC(C)N1CCCC1Cc1nc(CO)co1. The number of aliphatic hydroxyl groups excluding tert-OH is 1. The summed E-state index contributed by atoms with van der Waals surface area (Å²) < 4.78 is 5.35. The van der Waals surface area contributed by atoms with Crippen molar-refractivity contribution in [1.82, 2.24) is 9.88 Å². The molecule has 0 aromatic carbocycles. The molecule has 0 amide bonds. The average molecular weight is 224 g/mol. The molecule has 1 saturated heterocycles.